The lowest BCUT2D eigenvalue weighted by Crippen LogP contribution is -2.38. The Morgan fingerprint density at radius 3 is 2.90 bits per heavy atom. The van der Waals surface area contributed by atoms with Gasteiger partial charge in [-0.2, -0.15) is 0 Å². The van der Waals surface area contributed by atoms with Crippen molar-refractivity contribution in [3.05, 3.63) is 29.3 Å². The first kappa shape index (κ1) is 14.4. The number of carbonyl (C=O) groups is 1. The van der Waals surface area contributed by atoms with Crippen molar-refractivity contribution in [2.24, 2.45) is 0 Å². The van der Waals surface area contributed by atoms with E-state index in [1.807, 2.05) is 18.2 Å². The second-order valence-electron chi connectivity index (χ2n) is 5.83. The molecular weight excluding hydrogens is 288 g/mol. The highest BCUT2D eigenvalue weighted by atomic mass is 32.2. The molecule has 3 rings (SSSR count). The fraction of sp³-hybridized carbons (Fsp3) is 0.533. The lowest BCUT2D eigenvalue weighted by atomic mass is 9.96. The van der Waals surface area contributed by atoms with Gasteiger partial charge in [0.25, 0.3) is 5.91 Å². The van der Waals surface area contributed by atoms with Crippen LogP contribution in [-0.4, -0.2) is 50.4 Å². The van der Waals surface area contributed by atoms with Crippen LogP contribution < -0.4 is 5.32 Å². The van der Waals surface area contributed by atoms with Gasteiger partial charge in [0.2, 0.25) is 0 Å². The first-order chi connectivity index (χ1) is 9.98. The Labute approximate surface area is 125 Å². The molecule has 1 atom stereocenters. The summed E-state index contributed by atoms with van der Waals surface area (Å²) < 4.78 is 23.2. The lowest BCUT2D eigenvalue weighted by molar-refractivity contribution is 0.0746. The van der Waals surface area contributed by atoms with Gasteiger partial charge in [-0.25, -0.2) is 8.42 Å². The summed E-state index contributed by atoms with van der Waals surface area (Å²) in [4.78, 5) is 14.3. The second kappa shape index (κ2) is 5.33. The number of anilines is 1. The van der Waals surface area contributed by atoms with E-state index in [1.165, 1.54) is 0 Å². The minimum atomic E-state index is -2.98. The molecule has 1 fully saturated rings. The maximum atomic E-state index is 12.7. The Kier molecular flexibility index (Phi) is 3.65. The number of fused-ring (bicyclic) bond motifs is 1. The van der Waals surface area contributed by atoms with Crippen LogP contribution in [0.1, 0.15) is 28.8 Å². The summed E-state index contributed by atoms with van der Waals surface area (Å²) in [7, 11) is -1.27. The van der Waals surface area contributed by atoms with E-state index in [-0.39, 0.29) is 23.5 Å². The van der Waals surface area contributed by atoms with Crippen LogP contribution in [0.3, 0.4) is 0 Å². The third-order valence-electron chi connectivity index (χ3n) is 4.40. The summed E-state index contributed by atoms with van der Waals surface area (Å²) >= 11 is 0. The summed E-state index contributed by atoms with van der Waals surface area (Å²) in [6.07, 6.45) is 2.44. The van der Waals surface area contributed by atoms with Gasteiger partial charge in [0.15, 0.2) is 9.84 Å². The summed E-state index contributed by atoms with van der Waals surface area (Å²) in [5.41, 5.74) is 2.78. The van der Waals surface area contributed by atoms with Crippen LogP contribution in [0.4, 0.5) is 5.69 Å². The van der Waals surface area contributed by atoms with E-state index in [1.54, 1.807) is 11.9 Å². The zero-order valence-corrected chi connectivity index (χ0v) is 12.9. The van der Waals surface area contributed by atoms with Crippen LogP contribution in [0, 0.1) is 0 Å². The number of hydrogen-bond donors (Lipinski definition) is 1. The normalized spacial score (nSPS) is 23.2. The number of carbonyl (C=O) groups excluding carboxylic acids is 1. The Morgan fingerprint density at radius 2 is 2.19 bits per heavy atom. The van der Waals surface area contributed by atoms with Crippen LogP contribution in [0.5, 0.6) is 0 Å². The maximum absolute atomic E-state index is 12.7. The number of rotatable bonds is 2. The molecule has 1 N–H and O–H groups in total. The lowest BCUT2D eigenvalue weighted by Gasteiger charge is -2.26. The Hall–Kier alpha value is -1.56. The molecule has 1 aromatic rings. The number of nitrogens with one attached hydrogen (secondary N) is 1. The summed E-state index contributed by atoms with van der Waals surface area (Å²) in [6.45, 7) is 0.932. The average molecular weight is 308 g/mol. The van der Waals surface area contributed by atoms with Crippen LogP contribution >= 0.6 is 0 Å². The van der Waals surface area contributed by atoms with Crippen LogP contribution in [0.2, 0.25) is 0 Å². The highest BCUT2D eigenvalue weighted by molar-refractivity contribution is 7.91. The Morgan fingerprint density at radius 1 is 1.38 bits per heavy atom. The molecule has 0 aliphatic carbocycles. The molecule has 6 heteroatoms. The first-order valence-electron chi connectivity index (χ1n) is 7.31. The summed E-state index contributed by atoms with van der Waals surface area (Å²) in [5, 5.41) is 3.31. The Balaban J connectivity index is 1.85. The van der Waals surface area contributed by atoms with E-state index in [9.17, 15) is 13.2 Å². The molecule has 0 radical (unpaired) electrons. The van der Waals surface area contributed by atoms with Gasteiger partial charge in [0.1, 0.15) is 0 Å². The van der Waals surface area contributed by atoms with Crippen LogP contribution in [0.25, 0.3) is 0 Å². The fourth-order valence-electron chi connectivity index (χ4n) is 3.15. The van der Waals surface area contributed by atoms with E-state index >= 15 is 0 Å². The monoisotopic (exact) mass is 308 g/mol. The van der Waals surface area contributed by atoms with Gasteiger partial charge >= 0.3 is 0 Å². The van der Waals surface area contributed by atoms with E-state index in [0.717, 1.165) is 30.6 Å². The SMILES string of the molecule is CN(C(=O)c1cccc2c1CCCN2)C1CCS(=O)(=O)C1. The number of nitrogens with zero attached hydrogens (tertiary/aromatic N) is 1. The molecule has 0 spiro atoms. The third-order valence-corrected chi connectivity index (χ3v) is 6.15. The maximum Gasteiger partial charge on any atom is 0.254 e. The average Bonchev–Trinajstić information content (AvgIpc) is 2.85. The van der Waals surface area contributed by atoms with Crippen LogP contribution in [-0.2, 0) is 16.3 Å². The molecule has 1 unspecified atom stereocenters. The van der Waals surface area contributed by atoms with Crippen molar-refractivity contribution in [3.8, 4) is 0 Å². The number of amides is 1. The van der Waals surface area contributed by atoms with Crippen molar-refractivity contribution >= 4 is 21.4 Å². The second-order valence-corrected chi connectivity index (χ2v) is 8.06. The molecule has 2 aliphatic heterocycles. The predicted molar refractivity (Wildman–Crippen MR) is 82.4 cm³/mol. The molecular formula is C15H20N2O3S. The standard InChI is InChI=1S/C15H20N2O3S/c1-17(11-7-9-21(19,20)10-11)15(18)13-4-2-6-14-12(13)5-3-8-16-14/h2,4,6,11,16H,3,5,7-10H2,1H3. The van der Waals surface area contributed by atoms with Gasteiger partial charge in [-0.1, -0.05) is 6.07 Å². The first-order valence-corrected chi connectivity index (χ1v) is 9.13. The van der Waals surface area contributed by atoms with Crippen molar-refractivity contribution in [1.82, 2.24) is 4.90 Å². The van der Waals surface area contributed by atoms with Gasteiger partial charge in [-0.3, -0.25) is 4.79 Å². The molecule has 1 aromatic carbocycles. The molecule has 21 heavy (non-hydrogen) atoms. The fourth-order valence-corrected chi connectivity index (χ4v) is 4.92. The highest BCUT2D eigenvalue weighted by Crippen LogP contribution is 2.27. The zero-order valence-electron chi connectivity index (χ0n) is 12.1. The van der Waals surface area contributed by atoms with Crippen molar-refractivity contribution in [2.45, 2.75) is 25.3 Å². The summed E-state index contributed by atoms with van der Waals surface area (Å²) in [6, 6.07) is 5.51. The van der Waals surface area contributed by atoms with Gasteiger partial charge in [0.05, 0.1) is 11.5 Å². The smallest absolute Gasteiger partial charge is 0.254 e. The minimum Gasteiger partial charge on any atom is -0.385 e. The van der Waals surface area contributed by atoms with Crippen molar-refractivity contribution in [3.63, 3.8) is 0 Å². The molecule has 5 nitrogen and oxygen atoms in total. The molecule has 2 heterocycles. The molecule has 1 amide bonds. The van der Waals surface area contributed by atoms with E-state index in [4.69, 9.17) is 0 Å². The highest BCUT2D eigenvalue weighted by Gasteiger charge is 2.33. The predicted octanol–water partition coefficient (Wildman–Crippen LogP) is 1.30. The molecule has 0 saturated carbocycles. The molecule has 2 aliphatic rings. The summed E-state index contributed by atoms with van der Waals surface area (Å²) in [5.74, 6) is 0.198. The topological polar surface area (TPSA) is 66.5 Å². The van der Waals surface area contributed by atoms with Crippen molar-refractivity contribution in [1.29, 1.82) is 0 Å². The third kappa shape index (κ3) is 2.77. The molecule has 0 aromatic heterocycles. The molecule has 114 valence electrons. The molecule has 1 saturated heterocycles. The minimum absolute atomic E-state index is 0.0716. The number of benzene rings is 1. The quantitative estimate of drug-likeness (QED) is 0.894. The van der Waals surface area contributed by atoms with Gasteiger partial charge in [-0.05, 0) is 37.0 Å². The molecule has 0 bridgehead atoms. The Bertz CT molecular complexity index is 669. The van der Waals surface area contributed by atoms with E-state index in [0.29, 0.717) is 12.0 Å². The largest absolute Gasteiger partial charge is 0.385 e. The van der Waals surface area contributed by atoms with Gasteiger partial charge in [-0.15, -0.1) is 0 Å². The number of sulfone groups is 1. The number of hydrogen-bond acceptors (Lipinski definition) is 4. The zero-order chi connectivity index (χ0) is 15.0. The van der Waals surface area contributed by atoms with Crippen molar-refractivity contribution < 1.29 is 13.2 Å². The van der Waals surface area contributed by atoms with E-state index < -0.39 is 9.84 Å². The van der Waals surface area contributed by atoms with E-state index in [2.05, 4.69) is 5.32 Å². The van der Waals surface area contributed by atoms with Gasteiger partial charge < -0.3 is 10.2 Å². The van der Waals surface area contributed by atoms with Gasteiger partial charge in [0, 0.05) is 30.9 Å². The van der Waals surface area contributed by atoms with Crippen LogP contribution in [0.15, 0.2) is 18.2 Å². The van der Waals surface area contributed by atoms with Crippen molar-refractivity contribution in [2.75, 3.05) is 30.4 Å².